The molecule has 1 atom stereocenters. The first-order chi connectivity index (χ1) is 20.4. The summed E-state index contributed by atoms with van der Waals surface area (Å²) in [5, 5.41) is 9.49. The topological polar surface area (TPSA) is 103 Å². The third kappa shape index (κ3) is 5.59. The zero-order valence-electron chi connectivity index (χ0n) is 23.1. The van der Waals surface area contributed by atoms with Crippen LogP contribution in [0.5, 0.6) is 11.5 Å². The van der Waals surface area contributed by atoms with Crippen molar-refractivity contribution in [1.29, 1.82) is 5.26 Å². The van der Waals surface area contributed by atoms with Crippen molar-refractivity contribution in [2.75, 3.05) is 13.7 Å². The van der Waals surface area contributed by atoms with Crippen molar-refractivity contribution >= 4 is 35.0 Å². The van der Waals surface area contributed by atoms with Gasteiger partial charge in [0, 0.05) is 10.6 Å². The van der Waals surface area contributed by atoms with Gasteiger partial charge in [0.05, 0.1) is 41.2 Å². The number of nitriles is 1. The fourth-order valence-electron chi connectivity index (χ4n) is 4.72. The van der Waals surface area contributed by atoms with Crippen molar-refractivity contribution in [3.8, 4) is 17.6 Å². The summed E-state index contributed by atoms with van der Waals surface area (Å²) >= 11 is 7.80. The Kier molecular flexibility index (Phi) is 8.57. The summed E-state index contributed by atoms with van der Waals surface area (Å²) in [6.45, 7) is 3.85. The fraction of sp³-hybridized carbons (Fsp3) is 0.188. The van der Waals surface area contributed by atoms with Gasteiger partial charge in [-0.25, -0.2) is 9.79 Å². The van der Waals surface area contributed by atoms with Crippen LogP contribution in [-0.2, 0) is 16.1 Å². The average Bonchev–Trinajstić information content (AvgIpc) is 3.30. The number of esters is 1. The molecule has 1 aliphatic rings. The Morgan fingerprint density at radius 1 is 1.14 bits per heavy atom. The van der Waals surface area contributed by atoms with Gasteiger partial charge in [-0.15, -0.1) is 0 Å². The minimum Gasteiger partial charge on any atom is -0.493 e. The van der Waals surface area contributed by atoms with Gasteiger partial charge in [-0.3, -0.25) is 9.36 Å². The monoisotopic (exact) mass is 599 g/mol. The molecule has 0 N–H and O–H groups in total. The van der Waals surface area contributed by atoms with E-state index in [1.807, 2.05) is 30.3 Å². The summed E-state index contributed by atoms with van der Waals surface area (Å²) in [5.41, 5.74) is 3.03. The molecular weight excluding hydrogens is 574 g/mol. The standard InChI is InChI=1S/C32H26ClN3O5S/c1-4-40-31(38)27-19(2)35-32-36(28(27)23-9-5-6-10-24(23)33)30(37)26(42-32)16-22-8-7-11-25(39-3)29(22)41-18-21-14-12-20(17-34)13-15-21/h5-16,28H,4,18H2,1-3H3/b26-16-/t28-/m1/s1. The number of thiazole rings is 1. The number of carbonyl (C=O) groups is 1. The van der Waals surface area contributed by atoms with Gasteiger partial charge in [0.25, 0.3) is 5.56 Å². The minimum atomic E-state index is -0.812. The highest BCUT2D eigenvalue weighted by Crippen LogP contribution is 2.35. The van der Waals surface area contributed by atoms with Gasteiger partial charge in [-0.05, 0) is 55.3 Å². The predicted octanol–water partition coefficient (Wildman–Crippen LogP) is 4.91. The second-order valence-electron chi connectivity index (χ2n) is 9.30. The summed E-state index contributed by atoms with van der Waals surface area (Å²) in [5.74, 6) is 0.407. The number of fused-ring (bicyclic) bond motifs is 1. The number of aromatic nitrogens is 1. The van der Waals surface area contributed by atoms with Crippen LogP contribution in [0.4, 0.5) is 0 Å². The average molecular weight is 600 g/mol. The normalized spacial score (nSPS) is 14.5. The molecule has 0 bridgehead atoms. The van der Waals surface area contributed by atoms with Gasteiger partial charge in [-0.1, -0.05) is 65.4 Å². The molecule has 2 heterocycles. The van der Waals surface area contributed by atoms with Gasteiger partial charge >= 0.3 is 5.97 Å². The lowest BCUT2D eigenvalue weighted by Crippen LogP contribution is -2.40. The van der Waals surface area contributed by atoms with Crippen LogP contribution >= 0.6 is 22.9 Å². The van der Waals surface area contributed by atoms with E-state index in [1.54, 1.807) is 63.4 Å². The van der Waals surface area contributed by atoms with Crippen LogP contribution in [0, 0.1) is 11.3 Å². The quantitative estimate of drug-likeness (QED) is 0.267. The number of carbonyl (C=O) groups excluding carboxylic acids is 1. The highest BCUT2D eigenvalue weighted by molar-refractivity contribution is 7.07. The third-order valence-corrected chi connectivity index (χ3v) is 8.03. The predicted molar refractivity (Wildman–Crippen MR) is 160 cm³/mol. The number of para-hydroxylation sites is 1. The molecule has 0 spiro atoms. The third-order valence-electron chi connectivity index (χ3n) is 6.70. The Labute approximate surface area is 251 Å². The Bertz CT molecular complexity index is 1920. The maximum atomic E-state index is 14.0. The second-order valence-corrected chi connectivity index (χ2v) is 10.7. The van der Waals surface area contributed by atoms with Gasteiger partial charge in [0.15, 0.2) is 16.3 Å². The number of benzene rings is 3. The van der Waals surface area contributed by atoms with Crippen molar-refractivity contribution in [2.45, 2.75) is 26.5 Å². The summed E-state index contributed by atoms with van der Waals surface area (Å²) in [7, 11) is 1.55. The molecule has 1 aliphatic heterocycles. The van der Waals surface area contributed by atoms with Crippen molar-refractivity contribution in [2.24, 2.45) is 4.99 Å². The van der Waals surface area contributed by atoms with E-state index >= 15 is 0 Å². The molecule has 0 saturated carbocycles. The molecule has 0 fully saturated rings. The van der Waals surface area contributed by atoms with E-state index < -0.39 is 12.0 Å². The molecule has 10 heteroatoms. The number of methoxy groups -OCH3 is 1. The van der Waals surface area contributed by atoms with Gasteiger partial charge in [0.2, 0.25) is 0 Å². The lowest BCUT2D eigenvalue weighted by Gasteiger charge is -2.25. The lowest BCUT2D eigenvalue weighted by molar-refractivity contribution is -0.139. The largest absolute Gasteiger partial charge is 0.493 e. The van der Waals surface area contributed by atoms with Gasteiger partial charge < -0.3 is 14.2 Å². The van der Waals surface area contributed by atoms with Crippen LogP contribution in [0.3, 0.4) is 0 Å². The highest BCUT2D eigenvalue weighted by atomic mass is 35.5. The molecule has 0 unspecified atom stereocenters. The Morgan fingerprint density at radius 3 is 2.60 bits per heavy atom. The number of hydrogen-bond acceptors (Lipinski definition) is 8. The van der Waals surface area contributed by atoms with E-state index in [4.69, 9.17) is 31.1 Å². The molecule has 5 rings (SSSR count). The molecule has 8 nitrogen and oxygen atoms in total. The molecule has 3 aromatic carbocycles. The summed E-state index contributed by atoms with van der Waals surface area (Å²) in [6, 6.07) is 20.9. The molecule has 1 aromatic heterocycles. The molecule has 0 amide bonds. The number of halogens is 1. The van der Waals surface area contributed by atoms with Crippen LogP contribution in [0.15, 0.2) is 87.8 Å². The zero-order valence-corrected chi connectivity index (χ0v) is 24.7. The molecule has 0 aliphatic carbocycles. The first kappa shape index (κ1) is 28.9. The molecule has 42 heavy (non-hydrogen) atoms. The van der Waals surface area contributed by atoms with Crippen LogP contribution < -0.4 is 24.4 Å². The number of ether oxygens (including phenoxy) is 3. The zero-order chi connectivity index (χ0) is 29.8. The first-order valence-electron chi connectivity index (χ1n) is 13.1. The fourth-order valence-corrected chi connectivity index (χ4v) is 5.99. The van der Waals surface area contributed by atoms with Crippen molar-refractivity contribution in [3.63, 3.8) is 0 Å². The van der Waals surface area contributed by atoms with E-state index in [2.05, 4.69) is 11.1 Å². The summed E-state index contributed by atoms with van der Waals surface area (Å²) < 4.78 is 19.0. The number of nitrogens with zero attached hydrogens (tertiary/aromatic N) is 3. The second kappa shape index (κ2) is 12.5. The molecule has 212 valence electrons. The van der Waals surface area contributed by atoms with E-state index in [9.17, 15) is 9.59 Å². The molecule has 4 aromatic rings. The first-order valence-corrected chi connectivity index (χ1v) is 14.3. The summed E-state index contributed by atoms with van der Waals surface area (Å²) in [4.78, 5) is 32.2. The maximum Gasteiger partial charge on any atom is 0.338 e. The van der Waals surface area contributed by atoms with Gasteiger partial charge in [0.1, 0.15) is 12.6 Å². The van der Waals surface area contributed by atoms with E-state index in [-0.39, 0.29) is 24.3 Å². The van der Waals surface area contributed by atoms with Gasteiger partial charge in [-0.2, -0.15) is 5.26 Å². The Balaban J connectivity index is 1.63. The molecule has 0 saturated heterocycles. The molecular formula is C32H26ClN3O5S. The lowest BCUT2D eigenvalue weighted by atomic mass is 9.96. The number of rotatable bonds is 8. The minimum absolute atomic E-state index is 0.177. The van der Waals surface area contributed by atoms with Crippen LogP contribution in [0.25, 0.3) is 6.08 Å². The SMILES string of the molecule is CCOC(=O)C1=C(C)N=c2s/c(=C\c3cccc(OC)c3OCc3ccc(C#N)cc3)c(=O)n2[C@@H]1c1ccccc1Cl. The Morgan fingerprint density at radius 2 is 1.90 bits per heavy atom. The van der Waals surface area contributed by atoms with Crippen LogP contribution in [0.1, 0.15) is 42.1 Å². The Hall–Kier alpha value is -4.65. The molecule has 0 radical (unpaired) electrons. The van der Waals surface area contributed by atoms with E-state index in [1.165, 1.54) is 15.9 Å². The van der Waals surface area contributed by atoms with Crippen molar-refractivity contribution in [3.05, 3.63) is 125 Å². The summed E-state index contributed by atoms with van der Waals surface area (Å²) in [6.07, 6.45) is 1.73. The van der Waals surface area contributed by atoms with E-state index in [0.29, 0.717) is 48.2 Å². The number of allylic oxidation sites excluding steroid dienone is 1. The maximum absolute atomic E-state index is 14.0. The van der Waals surface area contributed by atoms with Crippen LogP contribution in [0.2, 0.25) is 5.02 Å². The van der Waals surface area contributed by atoms with E-state index in [0.717, 1.165) is 5.56 Å². The van der Waals surface area contributed by atoms with Crippen LogP contribution in [-0.4, -0.2) is 24.3 Å². The van der Waals surface area contributed by atoms with Crippen molar-refractivity contribution in [1.82, 2.24) is 4.57 Å². The highest BCUT2D eigenvalue weighted by Gasteiger charge is 2.34. The smallest absolute Gasteiger partial charge is 0.338 e. The van der Waals surface area contributed by atoms with Crippen molar-refractivity contribution < 1.29 is 19.0 Å². The number of hydrogen-bond donors (Lipinski definition) is 0.